The summed E-state index contributed by atoms with van der Waals surface area (Å²) in [5.74, 6) is -0.941. The summed E-state index contributed by atoms with van der Waals surface area (Å²) in [4.78, 5) is 38.5. The van der Waals surface area contributed by atoms with Gasteiger partial charge in [0.25, 0.3) is 0 Å². The van der Waals surface area contributed by atoms with Gasteiger partial charge in [-0.2, -0.15) is 0 Å². The van der Waals surface area contributed by atoms with Crippen molar-refractivity contribution in [3.05, 3.63) is 0 Å². The van der Waals surface area contributed by atoms with Gasteiger partial charge in [-0.15, -0.1) is 0 Å². The number of nitrogens with zero attached hydrogens (tertiary/aromatic N) is 2. The van der Waals surface area contributed by atoms with Gasteiger partial charge in [-0.1, -0.05) is 12.8 Å². The van der Waals surface area contributed by atoms with Gasteiger partial charge in [0.05, 0.1) is 0 Å². The summed E-state index contributed by atoms with van der Waals surface area (Å²) in [6.07, 6.45) is 3.34. The van der Waals surface area contributed by atoms with E-state index in [2.05, 4.69) is 5.32 Å². The number of nitrogens with one attached hydrogen (secondary N) is 1. The van der Waals surface area contributed by atoms with Crippen LogP contribution in [-0.2, 0) is 9.59 Å². The van der Waals surface area contributed by atoms with Crippen molar-refractivity contribution in [3.8, 4) is 0 Å². The zero-order valence-electron chi connectivity index (χ0n) is 12.4. The van der Waals surface area contributed by atoms with E-state index in [4.69, 9.17) is 0 Å². The molecule has 1 aliphatic carbocycles. The minimum absolute atomic E-state index is 0.00931. The molecule has 1 heterocycles. The van der Waals surface area contributed by atoms with Gasteiger partial charge < -0.3 is 20.2 Å². The maximum absolute atomic E-state index is 12.3. The van der Waals surface area contributed by atoms with E-state index in [0.717, 1.165) is 12.8 Å². The third-order valence-corrected chi connectivity index (χ3v) is 4.44. The standard InChI is InChI=1S/C14H23N3O4/c1-11(18)16-7-4-8-17(10-9-16)13(21)15-14(12(19)20)5-2-3-6-14/h2-10H2,1H3,(H,15,21)(H,19,20). The summed E-state index contributed by atoms with van der Waals surface area (Å²) >= 11 is 0. The molecule has 0 radical (unpaired) electrons. The quantitative estimate of drug-likeness (QED) is 0.783. The average Bonchev–Trinajstić information content (AvgIpc) is 2.75. The minimum Gasteiger partial charge on any atom is -0.480 e. The van der Waals surface area contributed by atoms with Crippen LogP contribution >= 0.6 is 0 Å². The maximum Gasteiger partial charge on any atom is 0.329 e. The molecule has 2 aliphatic rings. The Kier molecular flexibility index (Phi) is 4.69. The molecule has 0 atom stereocenters. The Bertz CT molecular complexity index is 432. The van der Waals surface area contributed by atoms with Crippen LogP contribution in [0, 0.1) is 0 Å². The zero-order chi connectivity index (χ0) is 15.5. The molecule has 0 spiro atoms. The van der Waals surface area contributed by atoms with Crippen LogP contribution in [0.25, 0.3) is 0 Å². The van der Waals surface area contributed by atoms with Crippen LogP contribution in [0.5, 0.6) is 0 Å². The summed E-state index contributed by atoms with van der Waals surface area (Å²) in [5.41, 5.74) is -1.11. The summed E-state index contributed by atoms with van der Waals surface area (Å²) in [6.45, 7) is 3.66. The molecule has 3 amide bonds. The summed E-state index contributed by atoms with van der Waals surface area (Å²) in [5, 5.41) is 12.1. The molecule has 0 unspecified atom stereocenters. The minimum atomic E-state index is -1.11. The van der Waals surface area contributed by atoms with E-state index in [9.17, 15) is 19.5 Å². The highest BCUT2D eigenvalue weighted by molar-refractivity contribution is 5.86. The lowest BCUT2D eigenvalue weighted by molar-refractivity contribution is -0.144. The number of hydrogen-bond acceptors (Lipinski definition) is 3. The number of carbonyl (C=O) groups is 3. The predicted molar refractivity (Wildman–Crippen MR) is 75.8 cm³/mol. The number of rotatable bonds is 2. The van der Waals surface area contributed by atoms with Crippen molar-refractivity contribution < 1.29 is 19.5 Å². The maximum atomic E-state index is 12.3. The molecule has 1 saturated heterocycles. The molecular weight excluding hydrogens is 274 g/mol. The first-order valence-corrected chi connectivity index (χ1v) is 7.51. The summed E-state index contributed by atoms with van der Waals surface area (Å²) < 4.78 is 0. The summed E-state index contributed by atoms with van der Waals surface area (Å²) in [6, 6.07) is -0.329. The van der Waals surface area contributed by atoms with Crippen LogP contribution in [0.15, 0.2) is 0 Å². The first-order valence-electron chi connectivity index (χ1n) is 7.51. The van der Waals surface area contributed by atoms with Gasteiger partial charge in [-0.3, -0.25) is 4.79 Å². The fraction of sp³-hybridized carbons (Fsp3) is 0.786. The van der Waals surface area contributed by atoms with Crippen molar-refractivity contribution in [1.29, 1.82) is 0 Å². The number of hydrogen-bond donors (Lipinski definition) is 2. The highest BCUT2D eigenvalue weighted by Crippen LogP contribution is 2.30. The topological polar surface area (TPSA) is 90.0 Å². The monoisotopic (exact) mass is 297 g/mol. The number of carbonyl (C=O) groups excluding carboxylic acids is 2. The normalized spacial score (nSPS) is 21.8. The van der Waals surface area contributed by atoms with Crippen LogP contribution in [0.2, 0.25) is 0 Å². The van der Waals surface area contributed by atoms with Gasteiger partial charge in [0.2, 0.25) is 5.91 Å². The highest BCUT2D eigenvalue weighted by Gasteiger charge is 2.43. The number of carboxylic acid groups (broad SMARTS) is 1. The van der Waals surface area contributed by atoms with E-state index >= 15 is 0 Å². The van der Waals surface area contributed by atoms with Crippen molar-refractivity contribution in [2.75, 3.05) is 26.2 Å². The largest absolute Gasteiger partial charge is 0.480 e. The van der Waals surface area contributed by atoms with E-state index in [1.807, 2.05) is 0 Å². The van der Waals surface area contributed by atoms with Gasteiger partial charge in [0.15, 0.2) is 0 Å². The Balaban J connectivity index is 1.96. The molecule has 0 aromatic heterocycles. The lowest BCUT2D eigenvalue weighted by Gasteiger charge is -2.29. The van der Waals surface area contributed by atoms with Crippen LogP contribution in [-0.4, -0.2) is 64.5 Å². The Hall–Kier alpha value is -1.79. The van der Waals surface area contributed by atoms with Gasteiger partial charge in [-0.25, -0.2) is 9.59 Å². The molecule has 0 bridgehead atoms. The van der Waals surface area contributed by atoms with Gasteiger partial charge in [-0.05, 0) is 19.3 Å². The second-order valence-corrected chi connectivity index (χ2v) is 5.87. The van der Waals surface area contributed by atoms with E-state index in [1.54, 1.807) is 9.80 Å². The van der Waals surface area contributed by atoms with Gasteiger partial charge in [0.1, 0.15) is 5.54 Å². The Morgan fingerprint density at radius 1 is 0.952 bits per heavy atom. The van der Waals surface area contributed by atoms with Crippen LogP contribution in [0.3, 0.4) is 0 Å². The molecule has 2 N–H and O–H groups in total. The van der Waals surface area contributed by atoms with Gasteiger partial charge >= 0.3 is 12.0 Å². The number of urea groups is 1. The Morgan fingerprint density at radius 3 is 2.10 bits per heavy atom. The predicted octanol–water partition coefficient (Wildman–Crippen LogP) is 0.648. The molecule has 7 heteroatoms. The smallest absolute Gasteiger partial charge is 0.329 e. The van der Waals surface area contributed by atoms with E-state index < -0.39 is 11.5 Å². The average molecular weight is 297 g/mol. The SMILES string of the molecule is CC(=O)N1CCCN(C(=O)NC2(C(=O)O)CCCC2)CC1. The molecule has 1 aliphatic heterocycles. The molecular formula is C14H23N3O4. The number of aliphatic carboxylic acids is 1. The molecule has 7 nitrogen and oxygen atoms in total. The van der Waals surface area contributed by atoms with Crippen molar-refractivity contribution in [3.63, 3.8) is 0 Å². The number of carboxylic acids is 1. The Morgan fingerprint density at radius 2 is 1.52 bits per heavy atom. The fourth-order valence-corrected chi connectivity index (χ4v) is 3.09. The van der Waals surface area contributed by atoms with Crippen molar-refractivity contribution in [2.45, 2.75) is 44.6 Å². The van der Waals surface area contributed by atoms with E-state index in [1.165, 1.54) is 6.92 Å². The van der Waals surface area contributed by atoms with Crippen LogP contribution in [0.1, 0.15) is 39.0 Å². The molecule has 0 aromatic carbocycles. The summed E-state index contributed by atoms with van der Waals surface area (Å²) in [7, 11) is 0. The van der Waals surface area contributed by atoms with Crippen molar-refractivity contribution >= 4 is 17.9 Å². The molecule has 2 fully saturated rings. The molecule has 1 saturated carbocycles. The molecule has 0 aromatic rings. The first-order chi connectivity index (χ1) is 9.94. The second-order valence-electron chi connectivity index (χ2n) is 5.87. The lowest BCUT2D eigenvalue weighted by atomic mass is 9.98. The Labute approximate surface area is 124 Å². The zero-order valence-corrected chi connectivity index (χ0v) is 12.4. The second kappa shape index (κ2) is 6.32. The van der Waals surface area contributed by atoms with Crippen LogP contribution < -0.4 is 5.32 Å². The number of amides is 3. The van der Waals surface area contributed by atoms with E-state index in [-0.39, 0.29) is 11.9 Å². The molecule has 21 heavy (non-hydrogen) atoms. The fourth-order valence-electron chi connectivity index (χ4n) is 3.09. The van der Waals surface area contributed by atoms with Crippen LogP contribution in [0.4, 0.5) is 4.79 Å². The first kappa shape index (κ1) is 15.6. The van der Waals surface area contributed by atoms with Crippen molar-refractivity contribution in [2.24, 2.45) is 0 Å². The highest BCUT2D eigenvalue weighted by atomic mass is 16.4. The third kappa shape index (κ3) is 3.46. The third-order valence-electron chi connectivity index (χ3n) is 4.44. The van der Waals surface area contributed by atoms with Gasteiger partial charge in [0, 0.05) is 33.1 Å². The van der Waals surface area contributed by atoms with E-state index in [0.29, 0.717) is 45.4 Å². The molecule has 118 valence electrons. The lowest BCUT2D eigenvalue weighted by Crippen LogP contribution is -2.56. The van der Waals surface area contributed by atoms with Crippen molar-refractivity contribution in [1.82, 2.24) is 15.1 Å². The molecule has 2 rings (SSSR count).